The molecule has 0 aromatic heterocycles. The fourth-order valence-electron chi connectivity index (χ4n) is 10.7. The fourth-order valence-corrected chi connectivity index (χ4v) is 12.6. The average molecular weight is 1080 g/mol. The van der Waals surface area contributed by atoms with Gasteiger partial charge in [0.25, 0.3) is 0 Å². The van der Waals surface area contributed by atoms with Gasteiger partial charge in [0.1, 0.15) is 11.8 Å². The van der Waals surface area contributed by atoms with E-state index in [1.807, 2.05) is 41.5 Å². The van der Waals surface area contributed by atoms with Crippen LogP contribution in [0.3, 0.4) is 0 Å². The summed E-state index contributed by atoms with van der Waals surface area (Å²) in [7, 11) is 8.70. The summed E-state index contributed by atoms with van der Waals surface area (Å²) < 4.78 is 17.4. The molecule has 2 aliphatic rings. The number of Topliss-reactive ketones (excluding diaryl/α,β-unsaturated/α-hetero) is 1. The summed E-state index contributed by atoms with van der Waals surface area (Å²) in [6.07, 6.45) is 4.61. The lowest BCUT2D eigenvalue weighted by atomic mass is 9.83. The second-order valence-electron chi connectivity index (χ2n) is 20.9. The van der Waals surface area contributed by atoms with Gasteiger partial charge in [-0.05, 0) is 80.1 Å². The Morgan fingerprint density at radius 2 is 1.59 bits per heavy atom. The number of unbranched alkanes of at least 4 members (excludes halogenated alkanes) is 2. The number of carbonyl (C=O) groups is 8. The second-order valence-corrected chi connectivity index (χ2v) is 23.5. The molecule has 2 N–H and O–H groups in total. The molecule has 17 nitrogen and oxygen atoms in total. The number of hydrogen-bond donors (Lipinski definition) is 2. The summed E-state index contributed by atoms with van der Waals surface area (Å²) in [6, 6.07) is 3.97. The van der Waals surface area contributed by atoms with Crippen LogP contribution in [0.2, 0.25) is 0 Å². The zero-order chi connectivity index (χ0) is 55.4. The first-order chi connectivity index (χ1) is 35.1. The zero-order valence-corrected chi connectivity index (χ0v) is 48.5. The highest BCUT2D eigenvalue weighted by Gasteiger charge is 2.44. The van der Waals surface area contributed by atoms with Crippen LogP contribution in [0.25, 0.3) is 0 Å². The van der Waals surface area contributed by atoms with Crippen molar-refractivity contribution in [2.45, 2.75) is 167 Å². The summed E-state index contributed by atoms with van der Waals surface area (Å²) in [6.45, 7) is 16.2. The molecule has 0 spiro atoms. The smallest absolute Gasteiger partial charge is 0.326 e. The molecular formula is C55H90N5O12PS. The first-order valence-corrected chi connectivity index (χ1v) is 29.5. The third-order valence-corrected chi connectivity index (χ3v) is 17.3. The molecule has 2 aliphatic heterocycles. The van der Waals surface area contributed by atoms with E-state index < -0.39 is 60.1 Å². The number of benzene rings is 1. The highest BCUT2D eigenvalue weighted by atomic mass is 32.2. The number of carboxylic acids is 1. The van der Waals surface area contributed by atoms with Crippen molar-refractivity contribution in [2.24, 2.45) is 29.6 Å². The maximum atomic E-state index is 14.7. The van der Waals surface area contributed by atoms with Crippen LogP contribution in [0.4, 0.5) is 0 Å². The summed E-state index contributed by atoms with van der Waals surface area (Å²) in [5.41, 5.74) is 0.626. The quantitative estimate of drug-likeness (QED) is 0.0426. The number of nitrogens with one attached hydrogen (secondary N) is 1. The van der Waals surface area contributed by atoms with Gasteiger partial charge in [0.15, 0.2) is 5.78 Å². The monoisotopic (exact) mass is 1080 g/mol. The number of hydrogen-bond acceptors (Lipinski definition) is 12. The number of imide groups is 1. The Balaban J connectivity index is 1.68. The van der Waals surface area contributed by atoms with Crippen LogP contribution in [-0.2, 0) is 54.3 Å². The number of likely N-dealkylation sites (tertiary alicyclic amines) is 2. The van der Waals surface area contributed by atoms with Gasteiger partial charge in [-0.15, -0.1) is 20.3 Å². The van der Waals surface area contributed by atoms with E-state index in [4.69, 9.17) is 14.2 Å². The van der Waals surface area contributed by atoms with E-state index in [9.17, 15) is 43.5 Å². The third kappa shape index (κ3) is 17.7. The predicted octanol–water partition coefficient (Wildman–Crippen LogP) is 6.56. The Labute approximate surface area is 447 Å². The van der Waals surface area contributed by atoms with E-state index in [0.29, 0.717) is 62.9 Å². The summed E-state index contributed by atoms with van der Waals surface area (Å²) >= 11 is 1.57. The van der Waals surface area contributed by atoms with Crippen molar-refractivity contribution in [3.8, 4) is 5.75 Å². The Morgan fingerprint density at radius 1 is 0.905 bits per heavy atom. The highest BCUT2D eigenvalue weighted by Crippen LogP contribution is 2.32. The minimum absolute atomic E-state index is 0.000624. The van der Waals surface area contributed by atoms with Crippen LogP contribution in [0, 0.1) is 29.6 Å². The van der Waals surface area contributed by atoms with E-state index in [1.54, 1.807) is 66.8 Å². The first kappa shape index (κ1) is 64.2. The number of thioether (sulfide) groups is 1. The van der Waals surface area contributed by atoms with E-state index in [0.717, 1.165) is 26.9 Å². The standard InChI is InChI=1S/C55H90N5O12PS/c1-14-36(6)50(44(71-11)32-47(63)59-27-20-23-41(59)51(72-12)37(7)52(65)56-40(55(68)69)30-38-22-17-18-24-43(38)70-10)58(9)53(66)39(34(2)3)31-42(61)49(35(4)5)57(8)46(62)25-16-15-19-26-60-48(64)33-45(54(60)67)74-29-21-28-73-13/h17-18,22,24,34-37,39-41,44-45,49-51,73H,14-16,19-21,23,25-33H2,1-13H3,(H,56,65)(H,68,69)/t36-,37+,39-,40-,41-,44+,45?,49-,50-,51+/m0/s1. The number of carbonyl (C=O) groups excluding carboxylic acids is 7. The van der Waals surface area contributed by atoms with Crippen molar-refractivity contribution < 1.29 is 57.7 Å². The Morgan fingerprint density at radius 3 is 2.19 bits per heavy atom. The van der Waals surface area contributed by atoms with Crippen molar-refractivity contribution in [1.29, 1.82) is 0 Å². The summed E-state index contributed by atoms with van der Waals surface area (Å²) in [5, 5.41) is 12.5. The van der Waals surface area contributed by atoms with E-state index in [-0.39, 0.29) is 90.4 Å². The lowest BCUT2D eigenvalue weighted by Crippen LogP contribution is -2.55. The van der Waals surface area contributed by atoms with Crippen LogP contribution in [0.5, 0.6) is 5.75 Å². The lowest BCUT2D eigenvalue weighted by molar-refractivity contribution is -0.150. The number of methoxy groups -OCH3 is 3. The molecule has 74 heavy (non-hydrogen) atoms. The number of aliphatic carboxylic acids is 1. The average Bonchev–Trinajstić information content (AvgIpc) is 3.96. The molecule has 0 saturated carbocycles. The lowest BCUT2D eigenvalue weighted by Gasteiger charge is -2.41. The van der Waals surface area contributed by atoms with E-state index >= 15 is 0 Å². The SMILES string of the molecule is CC[C@H](C)[C@@H]([C@@H](CC(=O)N1CCC[C@H]1[C@H](OC)[C@@H](C)C(=O)N[C@@H](Cc1ccccc1OC)C(=O)O)OC)N(C)C(=O)[C@@H](CC(=O)[C@H](C(C)C)N(C)C(=O)CCCCCN1C(=O)CC(SCCCPC)C1=O)C(C)C. The minimum Gasteiger partial charge on any atom is -0.496 e. The van der Waals surface area contributed by atoms with Crippen molar-refractivity contribution in [1.82, 2.24) is 24.9 Å². The number of ether oxygens (including phenoxy) is 3. The Hall–Kier alpha value is -4.12. The maximum absolute atomic E-state index is 14.7. The maximum Gasteiger partial charge on any atom is 0.326 e. The van der Waals surface area contributed by atoms with Crippen LogP contribution in [0.1, 0.15) is 125 Å². The zero-order valence-electron chi connectivity index (χ0n) is 46.7. The Kier molecular flexibility index (Phi) is 27.6. The molecule has 2 heterocycles. The molecule has 0 bridgehead atoms. The number of para-hydroxylation sites is 1. The molecule has 2 unspecified atom stereocenters. The molecule has 2 fully saturated rings. The van der Waals surface area contributed by atoms with Gasteiger partial charge in [-0.2, -0.15) is 0 Å². The van der Waals surface area contributed by atoms with Crippen molar-refractivity contribution in [3.05, 3.63) is 29.8 Å². The number of amides is 6. The van der Waals surface area contributed by atoms with Crippen LogP contribution >= 0.6 is 20.3 Å². The summed E-state index contributed by atoms with van der Waals surface area (Å²) in [4.78, 5) is 115. The van der Waals surface area contributed by atoms with Crippen LogP contribution in [0.15, 0.2) is 24.3 Å². The van der Waals surface area contributed by atoms with Gasteiger partial charge in [-0.3, -0.25) is 38.5 Å². The molecule has 1 aromatic carbocycles. The molecule has 418 valence electrons. The normalized spacial score (nSPS) is 19.3. The highest BCUT2D eigenvalue weighted by molar-refractivity contribution is 8.00. The largest absolute Gasteiger partial charge is 0.496 e. The molecule has 0 radical (unpaired) electrons. The summed E-state index contributed by atoms with van der Waals surface area (Å²) in [5.74, 6) is -3.63. The predicted molar refractivity (Wildman–Crippen MR) is 292 cm³/mol. The van der Waals surface area contributed by atoms with Crippen molar-refractivity contribution in [2.75, 3.05) is 67.1 Å². The van der Waals surface area contributed by atoms with Gasteiger partial charge in [0, 0.05) is 73.0 Å². The molecule has 1 aromatic rings. The Bertz CT molecular complexity index is 2030. The van der Waals surface area contributed by atoms with Crippen LogP contribution in [-0.4, -0.2) is 181 Å². The van der Waals surface area contributed by atoms with E-state index in [2.05, 4.69) is 12.0 Å². The topological polar surface area (TPSA) is 209 Å². The number of likely N-dealkylation sites (N-methyl/N-ethyl adjacent to an activating group) is 2. The fraction of sp³-hybridized carbons (Fsp3) is 0.745. The van der Waals surface area contributed by atoms with Crippen molar-refractivity contribution >= 4 is 67.5 Å². The molecule has 19 heteroatoms. The number of nitrogens with zero attached hydrogens (tertiary/aromatic N) is 4. The molecule has 11 atom stereocenters. The van der Waals surface area contributed by atoms with Gasteiger partial charge in [-0.1, -0.05) is 79.5 Å². The third-order valence-electron chi connectivity index (χ3n) is 15.2. The van der Waals surface area contributed by atoms with Gasteiger partial charge < -0.3 is 39.3 Å². The number of carboxylic acid groups (broad SMARTS) is 1. The molecule has 2 saturated heterocycles. The molecule has 0 aliphatic carbocycles. The molecule has 6 amide bonds. The molecular weight excluding hydrogens is 986 g/mol. The van der Waals surface area contributed by atoms with Gasteiger partial charge in [-0.25, -0.2) is 4.79 Å². The van der Waals surface area contributed by atoms with Gasteiger partial charge in [0.2, 0.25) is 35.4 Å². The first-order valence-electron chi connectivity index (χ1n) is 26.8. The van der Waals surface area contributed by atoms with Gasteiger partial charge in [0.05, 0.1) is 55.0 Å². The van der Waals surface area contributed by atoms with E-state index in [1.165, 1.54) is 31.1 Å². The minimum atomic E-state index is -1.24. The number of ketones is 1. The second kappa shape index (κ2) is 31.8. The number of rotatable bonds is 34. The van der Waals surface area contributed by atoms with Crippen molar-refractivity contribution in [3.63, 3.8) is 0 Å². The molecule has 3 rings (SSSR count). The van der Waals surface area contributed by atoms with Crippen LogP contribution < -0.4 is 10.1 Å². The van der Waals surface area contributed by atoms with Gasteiger partial charge >= 0.3 is 5.97 Å².